The van der Waals surface area contributed by atoms with E-state index >= 15 is 0 Å². The summed E-state index contributed by atoms with van der Waals surface area (Å²) < 4.78 is 0. The molecule has 1 saturated carbocycles. The molecule has 3 nitrogen and oxygen atoms in total. The Hall–Kier alpha value is -2.68. The molecule has 120 valence electrons. The van der Waals surface area contributed by atoms with Crippen LogP contribution >= 0.6 is 0 Å². The first-order valence-corrected chi connectivity index (χ1v) is 8.35. The second-order valence-corrected chi connectivity index (χ2v) is 6.57. The van der Waals surface area contributed by atoms with Gasteiger partial charge in [-0.3, -0.25) is 9.78 Å². The molecule has 0 aliphatic heterocycles. The summed E-state index contributed by atoms with van der Waals surface area (Å²) in [5, 5.41) is 2.28. The van der Waals surface area contributed by atoms with Gasteiger partial charge in [-0.1, -0.05) is 48.5 Å². The number of fused-ring (bicyclic) bond motifs is 1. The summed E-state index contributed by atoms with van der Waals surface area (Å²) >= 11 is 0. The van der Waals surface area contributed by atoms with Gasteiger partial charge in [-0.15, -0.1) is 0 Å². The summed E-state index contributed by atoms with van der Waals surface area (Å²) in [6.07, 6.45) is 4.64. The fraction of sp³-hybridized carbons (Fsp3) is 0.238. The largest absolute Gasteiger partial charge is 0.341 e. The van der Waals surface area contributed by atoms with Crippen molar-refractivity contribution < 1.29 is 4.79 Å². The molecule has 3 aromatic rings. The lowest BCUT2D eigenvalue weighted by molar-refractivity contribution is -0.131. The van der Waals surface area contributed by atoms with E-state index in [1.807, 2.05) is 48.5 Å². The van der Waals surface area contributed by atoms with Gasteiger partial charge in [0.05, 0.1) is 0 Å². The van der Waals surface area contributed by atoms with E-state index < -0.39 is 0 Å². The molecule has 0 radical (unpaired) electrons. The molecule has 1 heterocycles. The molecule has 0 saturated heterocycles. The Morgan fingerprint density at radius 2 is 1.96 bits per heavy atom. The van der Waals surface area contributed by atoms with Crippen molar-refractivity contribution in [1.82, 2.24) is 9.88 Å². The van der Waals surface area contributed by atoms with E-state index in [9.17, 15) is 4.79 Å². The zero-order valence-corrected chi connectivity index (χ0v) is 13.7. The second-order valence-electron chi connectivity index (χ2n) is 6.57. The Morgan fingerprint density at radius 1 is 1.12 bits per heavy atom. The van der Waals surface area contributed by atoms with Crippen molar-refractivity contribution in [3.8, 4) is 0 Å². The molecule has 24 heavy (non-hydrogen) atoms. The first kappa shape index (κ1) is 14.9. The number of aromatic nitrogens is 1. The van der Waals surface area contributed by atoms with Crippen molar-refractivity contribution in [2.75, 3.05) is 7.05 Å². The minimum absolute atomic E-state index is 0.133. The zero-order chi connectivity index (χ0) is 16.5. The van der Waals surface area contributed by atoms with Crippen LogP contribution in [0.25, 0.3) is 10.8 Å². The van der Waals surface area contributed by atoms with E-state index in [1.165, 1.54) is 16.5 Å². The molecule has 0 spiro atoms. The van der Waals surface area contributed by atoms with E-state index in [4.69, 9.17) is 0 Å². The van der Waals surface area contributed by atoms with E-state index in [1.54, 1.807) is 6.20 Å². The van der Waals surface area contributed by atoms with Crippen LogP contribution in [0.3, 0.4) is 0 Å². The number of carbonyl (C=O) groups excluding carboxylic acids is 1. The summed E-state index contributed by atoms with van der Waals surface area (Å²) in [4.78, 5) is 18.8. The Bertz CT molecular complexity index is 870. The van der Waals surface area contributed by atoms with Crippen LogP contribution in [0.4, 0.5) is 0 Å². The van der Waals surface area contributed by atoms with Gasteiger partial charge >= 0.3 is 0 Å². The fourth-order valence-electron chi connectivity index (χ4n) is 3.48. The standard InChI is InChI=1S/C21H20N2O/c1-23(14-17-9-5-8-16-13-22-11-10-18(16)17)21(24)20-12-19(20)15-6-3-2-4-7-15/h2-11,13,19-20H,12,14H2,1H3/t19-,20+/m0/s1. The van der Waals surface area contributed by atoms with E-state index in [-0.39, 0.29) is 11.8 Å². The Kier molecular flexibility index (Phi) is 3.77. The van der Waals surface area contributed by atoms with Crippen LogP contribution in [0.15, 0.2) is 67.0 Å². The first-order valence-electron chi connectivity index (χ1n) is 8.35. The summed E-state index contributed by atoms with van der Waals surface area (Å²) in [6, 6.07) is 18.5. The predicted octanol–water partition coefficient (Wildman–Crippen LogP) is 4.00. The van der Waals surface area contributed by atoms with Crippen molar-refractivity contribution in [3.63, 3.8) is 0 Å². The van der Waals surface area contributed by atoms with Crippen molar-refractivity contribution in [2.24, 2.45) is 5.92 Å². The van der Waals surface area contributed by atoms with Crippen LogP contribution in [0.1, 0.15) is 23.5 Å². The maximum absolute atomic E-state index is 12.7. The van der Waals surface area contributed by atoms with Crippen LogP contribution < -0.4 is 0 Å². The van der Waals surface area contributed by atoms with E-state index in [0.29, 0.717) is 12.5 Å². The maximum atomic E-state index is 12.7. The number of hydrogen-bond acceptors (Lipinski definition) is 2. The summed E-state index contributed by atoms with van der Waals surface area (Å²) in [7, 11) is 1.91. The third-order valence-electron chi connectivity index (χ3n) is 4.89. The average Bonchev–Trinajstić information content (AvgIpc) is 3.43. The molecular weight excluding hydrogens is 296 g/mol. The molecule has 0 N–H and O–H groups in total. The molecule has 2 aromatic carbocycles. The van der Waals surface area contributed by atoms with Gasteiger partial charge in [0.1, 0.15) is 0 Å². The predicted molar refractivity (Wildman–Crippen MR) is 95.5 cm³/mol. The van der Waals surface area contributed by atoms with Gasteiger partial charge in [0.25, 0.3) is 0 Å². The molecule has 4 rings (SSSR count). The molecule has 3 heteroatoms. The minimum Gasteiger partial charge on any atom is -0.341 e. The molecule has 1 amide bonds. The highest BCUT2D eigenvalue weighted by molar-refractivity contribution is 5.86. The maximum Gasteiger partial charge on any atom is 0.226 e. The third kappa shape index (κ3) is 2.78. The van der Waals surface area contributed by atoms with Gasteiger partial charge in [0.15, 0.2) is 0 Å². The van der Waals surface area contributed by atoms with E-state index in [0.717, 1.165) is 11.8 Å². The monoisotopic (exact) mass is 316 g/mol. The Morgan fingerprint density at radius 3 is 2.79 bits per heavy atom. The van der Waals surface area contributed by atoms with Gasteiger partial charge in [-0.2, -0.15) is 0 Å². The summed E-state index contributed by atoms with van der Waals surface area (Å²) in [6.45, 7) is 0.637. The highest BCUT2D eigenvalue weighted by Crippen LogP contribution is 2.48. The number of rotatable bonds is 4. The third-order valence-corrected chi connectivity index (χ3v) is 4.89. The van der Waals surface area contributed by atoms with Crippen LogP contribution in [0, 0.1) is 5.92 Å². The number of carbonyl (C=O) groups is 1. The normalized spacial score (nSPS) is 19.2. The van der Waals surface area contributed by atoms with Crippen LogP contribution in [0.2, 0.25) is 0 Å². The molecule has 1 aliphatic rings. The Labute approximate surface area is 141 Å². The molecule has 0 unspecified atom stereocenters. The SMILES string of the molecule is CN(Cc1cccc2cnccc12)C(=O)[C@@H]1C[C@H]1c1ccccc1. The molecular formula is C21H20N2O. The molecule has 1 fully saturated rings. The van der Waals surface area contributed by atoms with Crippen LogP contribution in [-0.2, 0) is 11.3 Å². The molecule has 0 bridgehead atoms. The highest BCUT2D eigenvalue weighted by atomic mass is 16.2. The number of nitrogens with zero attached hydrogens (tertiary/aromatic N) is 2. The van der Waals surface area contributed by atoms with Crippen molar-refractivity contribution >= 4 is 16.7 Å². The molecule has 1 aromatic heterocycles. The molecule has 2 atom stereocenters. The quantitative estimate of drug-likeness (QED) is 0.729. The van der Waals surface area contributed by atoms with E-state index in [2.05, 4.69) is 29.2 Å². The number of hydrogen-bond donors (Lipinski definition) is 0. The van der Waals surface area contributed by atoms with Crippen molar-refractivity contribution in [1.29, 1.82) is 0 Å². The fourth-order valence-corrected chi connectivity index (χ4v) is 3.48. The van der Waals surface area contributed by atoms with Gasteiger partial charge in [0, 0.05) is 37.3 Å². The lowest BCUT2D eigenvalue weighted by Crippen LogP contribution is -2.28. The minimum atomic E-state index is 0.133. The highest BCUT2D eigenvalue weighted by Gasteiger charge is 2.44. The topological polar surface area (TPSA) is 33.2 Å². The van der Waals surface area contributed by atoms with Crippen molar-refractivity contribution in [2.45, 2.75) is 18.9 Å². The number of pyridine rings is 1. The lowest BCUT2D eigenvalue weighted by Gasteiger charge is -2.18. The molecule has 1 aliphatic carbocycles. The lowest BCUT2D eigenvalue weighted by atomic mass is 10.1. The summed E-state index contributed by atoms with van der Waals surface area (Å²) in [5.41, 5.74) is 2.45. The van der Waals surface area contributed by atoms with Crippen LogP contribution in [-0.4, -0.2) is 22.8 Å². The van der Waals surface area contributed by atoms with Gasteiger partial charge < -0.3 is 4.90 Å². The van der Waals surface area contributed by atoms with Gasteiger partial charge in [0.2, 0.25) is 5.91 Å². The number of amides is 1. The zero-order valence-electron chi connectivity index (χ0n) is 13.7. The van der Waals surface area contributed by atoms with Gasteiger partial charge in [-0.05, 0) is 34.9 Å². The first-order chi connectivity index (χ1) is 11.7. The average molecular weight is 316 g/mol. The summed E-state index contributed by atoms with van der Waals surface area (Å²) in [5.74, 6) is 0.766. The Balaban J connectivity index is 1.48. The number of benzene rings is 2. The van der Waals surface area contributed by atoms with Crippen LogP contribution in [0.5, 0.6) is 0 Å². The van der Waals surface area contributed by atoms with Crippen molar-refractivity contribution in [3.05, 3.63) is 78.1 Å². The van der Waals surface area contributed by atoms with Gasteiger partial charge in [-0.25, -0.2) is 0 Å². The second kappa shape index (κ2) is 6.08. The smallest absolute Gasteiger partial charge is 0.226 e.